The summed E-state index contributed by atoms with van der Waals surface area (Å²) in [6.07, 6.45) is 0. The first-order valence-electron chi connectivity index (χ1n) is 8.85. The van der Waals surface area contributed by atoms with Gasteiger partial charge in [-0.15, -0.1) is 11.8 Å². The van der Waals surface area contributed by atoms with E-state index in [9.17, 15) is 9.59 Å². The summed E-state index contributed by atoms with van der Waals surface area (Å²) in [6, 6.07) is 23.5. The van der Waals surface area contributed by atoms with Crippen LogP contribution in [0.4, 0.5) is 0 Å². The van der Waals surface area contributed by atoms with Gasteiger partial charge in [0.15, 0.2) is 0 Å². The second kappa shape index (κ2) is 7.41. The van der Waals surface area contributed by atoms with Crippen LogP contribution in [0, 0.1) is 6.92 Å². The van der Waals surface area contributed by atoms with Crippen molar-refractivity contribution in [3.8, 4) is 0 Å². The molecule has 1 aliphatic rings. The van der Waals surface area contributed by atoms with Gasteiger partial charge in [-0.2, -0.15) is 0 Å². The zero-order chi connectivity index (χ0) is 18.8. The Labute approximate surface area is 163 Å². The molecular formula is C23H19NO2S. The summed E-state index contributed by atoms with van der Waals surface area (Å²) in [5.41, 5.74) is 4.44. The maximum Gasteiger partial charge on any atom is 0.261 e. The summed E-state index contributed by atoms with van der Waals surface area (Å²) in [5.74, 6) is 0.461. The van der Waals surface area contributed by atoms with Crippen LogP contribution in [0.3, 0.4) is 0 Å². The van der Waals surface area contributed by atoms with Gasteiger partial charge in [-0.25, -0.2) is 0 Å². The van der Waals surface area contributed by atoms with Crippen molar-refractivity contribution in [3.63, 3.8) is 0 Å². The number of aryl methyl sites for hydroxylation is 1. The van der Waals surface area contributed by atoms with Crippen LogP contribution in [0.25, 0.3) is 0 Å². The maximum atomic E-state index is 12.5. The van der Waals surface area contributed by atoms with Crippen LogP contribution >= 0.6 is 11.8 Å². The minimum atomic E-state index is -0.213. The van der Waals surface area contributed by atoms with Gasteiger partial charge in [-0.1, -0.05) is 54.6 Å². The van der Waals surface area contributed by atoms with Crippen LogP contribution in [0.1, 0.15) is 37.4 Å². The van der Waals surface area contributed by atoms with Crippen molar-refractivity contribution in [2.24, 2.45) is 0 Å². The van der Waals surface area contributed by atoms with Crippen molar-refractivity contribution >= 4 is 23.6 Å². The zero-order valence-electron chi connectivity index (χ0n) is 15.0. The second-order valence-corrected chi connectivity index (χ2v) is 7.63. The van der Waals surface area contributed by atoms with Crippen LogP contribution in [-0.2, 0) is 12.3 Å². The van der Waals surface area contributed by atoms with Gasteiger partial charge in [0.2, 0.25) is 0 Å². The molecule has 0 radical (unpaired) electrons. The molecule has 0 aromatic heterocycles. The van der Waals surface area contributed by atoms with Crippen LogP contribution in [0.15, 0.2) is 77.7 Å². The molecule has 134 valence electrons. The summed E-state index contributed by atoms with van der Waals surface area (Å²) >= 11 is 1.81. The molecule has 0 saturated heterocycles. The van der Waals surface area contributed by atoms with Crippen LogP contribution in [-0.4, -0.2) is 16.7 Å². The summed E-state index contributed by atoms with van der Waals surface area (Å²) in [6.45, 7) is 2.42. The van der Waals surface area contributed by atoms with Crippen molar-refractivity contribution in [1.82, 2.24) is 4.90 Å². The lowest BCUT2D eigenvalue weighted by atomic mass is 10.1. The van der Waals surface area contributed by atoms with Gasteiger partial charge in [-0.3, -0.25) is 14.5 Å². The van der Waals surface area contributed by atoms with Gasteiger partial charge in [0, 0.05) is 10.6 Å². The number of thioether (sulfide) groups is 1. The van der Waals surface area contributed by atoms with Gasteiger partial charge in [-0.05, 0) is 41.8 Å². The fraction of sp³-hybridized carbons (Fsp3) is 0.130. The number of hydrogen-bond acceptors (Lipinski definition) is 3. The highest BCUT2D eigenvalue weighted by atomic mass is 32.2. The summed E-state index contributed by atoms with van der Waals surface area (Å²) < 4.78 is 0. The highest BCUT2D eigenvalue weighted by Gasteiger charge is 2.34. The Morgan fingerprint density at radius 1 is 0.741 bits per heavy atom. The quantitative estimate of drug-likeness (QED) is 0.462. The topological polar surface area (TPSA) is 37.4 Å². The Morgan fingerprint density at radius 2 is 1.30 bits per heavy atom. The van der Waals surface area contributed by atoms with Gasteiger partial charge in [0.1, 0.15) is 0 Å². The number of carbonyl (C=O) groups is 2. The molecule has 1 aliphatic heterocycles. The monoisotopic (exact) mass is 373 g/mol. The molecule has 27 heavy (non-hydrogen) atoms. The second-order valence-electron chi connectivity index (χ2n) is 6.61. The molecule has 3 aromatic carbocycles. The Bertz CT molecular complexity index is 976. The first-order valence-corrected chi connectivity index (χ1v) is 9.83. The minimum absolute atomic E-state index is 0.213. The molecule has 0 fully saturated rings. The van der Waals surface area contributed by atoms with Crippen molar-refractivity contribution in [3.05, 3.63) is 101 Å². The molecule has 4 heteroatoms. The molecule has 0 aliphatic carbocycles. The Morgan fingerprint density at radius 3 is 1.93 bits per heavy atom. The highest BCUT2D eigenvalue weighted by Crippen LogP contribution is 2.27. The fourth-order valence-corrected chi connectivity index (χ4v) is 4.17. The average molecular weight is 373 g/mol. The van der Waals surface area contributed by atoms with Crippen molar-refractivity contribution < 1.29 is 9.59 Å². The van der Waals surface area contributed by atoms with E-state index in [0.29, 0.717) is 17.7 Å². The maximum absolute atomic E-state index is 12.5. The van der Waals surface area contributed by atoms with E-state index in [4.69, 9.17) is 0 Å². The Hall–Kier alpha value is -2.85. The number of imide groups is 1. The van der Waals surface area contributed by atoms with Crippen molar-refractivity contribution in [2.45, 2.75) is 24.1 Å². The molecule has 1 heterocycles. The number of nitrogens with zero attached hydrogens (tertiary/aromatic N) is 1. The lowest BCUT2D eigenvalue weighted by Crippen LogP contribution is -2.29. The molecule has 4 rings (SSSR count). The van der Waals surface area contributed by atoms with E-state index in [1.807, 2.05) is 30.0 Å². The lowest BCUT2D eigenvalue weighted by molar-refractivity contribution is 0.0642. The van der Waals surface area contributed by atoms with E-state index < -0.39 is 0 Å². The predicted octanol–water partition coefficient (Wildman–Crippen LogP) is 5.08. The first kappa shape index (κ1) is 17.6. The number of rotatable bonds is 5. The lowest BCUT2D eigenvalue weighted by Gasteiger charge is -2.14. The van der Waals surface area contributed by atoms with Crippen molar-refractivity contribution in [2.75, 3.05) is 0 Å². The van der Waals surface area contributed by atoms with Crippen LogP contribution < -0.4 is 0 Å². The van der Waals surface area contributed by atoms with E-state index in [1.54, 1.807) is 24.3 Å². The largest absolute Gasteiger partial charge is 0.270 e. The molecular weight excluding hydrogens is 354 g/mol. The van der Waals surface area contributed by atoms with E-state index in [-0.39, 0.29) is 11.8 Å². The van der Waals surface area contributed by atoms with E-state index in [0.717, 1.165) is 11.3 Å². The summed E-state index contributed by atoms with van der Waals surface area (Å²) in [4.78, 5) is 27.5. The van der Waals surface area contributed by atoms with Gasteiger partial charge >= 0.3 is 0 Å². The van der Waals surface area contributed by atoms with E-state index >= 15 is 0 Å². The van der Waals surface area contributed by atoms with Gasteiger partial charge in [0.25, 0.3) is 11.8 Å². The molecule has 0 unspecified atom stereocenters. The van der Waals surface area contributed by atoms with Gasteiger partial charge in [0.05, 0.1) is 17.7 Å². The Kier molecular flexibility index (Phi) is 4.82. The number of fused-ring (bicyclic) bond motifs is 1. The first-order chi connectivity index (χ1) is 13.1. The number of carbonyl (C=O) groups excluding carboxylic acids is 2. The Balaban J connectivity index is 1.42. The molecule has 0 saturated carbocycles. The smallest absolute Gasteiger partial charge is 0.261 e. The van der Waals surface area contributed by atoms with E-state index in [2.05, 4.69) is 37.3 Å². The van der Waals surface area contributed by atoms with Gasteiger partial charge < -0.3 is 0 Å². The standard InChI is InChI=1S/C23H19NO2S/c1-16-6-2-5-9-21(16)27-15-18-12-10-17(11-13-18)14-24-22(25)19-7-3-4-8-20(19)23(24)26/h2-13H,14-15H2,1H3. The molecule has 2 amide bonds. The van der Waals surface area contributed by atoms with Crippen LogP contribution in [0.5, 0.6) is 0 Å². The van der Waals surface area contributed by atoms with Crippen LogP contribution in [0.2, 0.25) is 0 Å². The predicted molar refractivity (Wildman–Crippen MR) is 108 cm³/mol. The third-order valence-corrected chi connectivity index (χ3v) is 5.98. The minimum Gasteiger partial charge on any atom is -0.270 e. The molecule has 0 N–H and O–H groups in total. The number of amides is 2. The number of hydrogen-bond donors (Lipinski definition) is 0. The zero-order valence-corrected chi connectivity index (χ0v) is 15.8. The molecule has 0 atom stereocenters. The third kappa shape index (κ3) is 3.53. The third-order valence-electron chi connectivity index (χ3n) is 4.73. The SMILES string of the molecule is Cc1ccccc1SCc1ccc(CN2C(=O)c3ccccc3C2=O)cc1. The highest BCUT2D eigenvalue weighted by molar-refractivity contribution is 7.98. The molecule has 3 nitrogen and oxygen atoms in total. The average Bonchev–Trinajstić information content (AvgIpc) is 2.94. The molecule has 0 spiro atoms. The molecule has 3 aromatic rings. The van der Waals surface area contributed by atoms with Crippen molar-refractivity contribution in [1.29, 1.82) is 0 Å². The summed E-state index contributed by atoms with van der Waals surface area (Å²) in [7, 11) is 0. The summed E-state index contributed by atoms with van der Waals surface area (Å²) in [5, 5.41) is 0. The number of benzene rings is 3. The fourth-order valence-electron chi connectivity index (χ4n) is 3.19. The normalized spacial score (nSPS) is 13.1. The molecule has 0 bridgehead atoms. The van der Waals surface area contributed by atoms with E-state index in [1.165, 1.54) is 20.9 Å².